The number of ether oxygens (including phenoxy) is 15. The van der Waals surface area contributed by atoms with E-state index in [1.807, 2.05) is 0 Å². The largest absolute Gasteiger partial charge is 0.508 e. The van der Waals surface area contributed by atoms with Crippen molar-refractivity contribution in [2.45, 2.75) is 161 Å². The Morgan fingerprint density at radius 2 is 1.03 bits per heavy atom. The van der Waals surface area contributed by atoms with Crippen LogP contribution in [-0.4, -0.2) is 295 Å². The highest BCUT2D eigenvalue weighted by molar-refractivity contribution is 5.90. The standard InChI is InChI=1S/C60H74O34/c1-26(65)81-24-38-50(83-27(2)66)51(89-56-46(76)44(74)41(71)34(20-61)84-56)48(78)58(87-38)90-52-49(88-40(70)18-13-29-11-16-32(68)33(19-29)80-3)37(23-64)86-59(53(52)91-57-47(77)45(75)42(72)35(21-62)85-57)94-60(25-82-39(69)17-12-28-9-14-31(67)15-10-28)54(43(73)36(22-63)93-60)92-55(79)30-7-5-4-6-8-30/h4-19,34-38,41-54,56-59,61-64,67-68,71-78H,20-25H2,1-3H3/t34-,35-,36-,37-,38-,41-,42-,43-,44+,45+,46-,47-,48-,49-,50-,51-,52+,53-,54+,56+,57+,58+,59-,60+/m1/s1. The lowest BCUT2D eigenvalue weighted by molar-refractivity contribution is -0.423. The molecule has 0 unspecified atom stereocenters. The highest BCUT2D eigenvalue weighted by atomic mass is 16.8. The molecule has 34 heteroatoms. The van der Waals surface area contributed by atoms with Gasteiger partial charge in [-0.2, -0.15) is 0 Å². The Hall–Kier alpha value is -6.95. The highest BCUT2D eigenvalue weighted by Gasteiger charge is 2.64. The van der Waals surface area contributed by atoms with E-state index in [-0.39, 0.29) is 28.4 Å². The van der Waals surface area contributed by atoms with Crippen molar-refractivity contribution in [3.05, 3.63) is 102 Å². The molecule has 0 bridgehead atoms. The monoisotopic (exact) mass is 1340 g/mol. The number of aliphatic hydroxyl groups is 12. The molecule has 34 nitrogen and oxygen atoms in total. The Kier molecular flexibility index (Phi) is 25.3. The van der Waals surface area contributed by atoms with E-state index >= 15 is 0 Å². The lowest BCUT2D eigenvalue weighted by Gasteiger charge is -2.51. The summed E-state index contributed by atoms with van der Waals surface area (Å²) < 4.78 is 89.2. The molecule has 14 N–H and O–H groups in total. The minimum Gasteiger partial charge on any atom is -0.508 e. The van der Waals surface area contributed by atoms with Crippen molar-refractivity contribution in [1.29, 1.82) is 0 Å². The molecule has 8 rings (SSSR count). The summed E-state index contributed by atoms with van der Waals surface area (Å²) in [7, 11) is 1.25. The summed E-state index contributed by atoms with van der Waals surface area (Å²) in [5.74, 6) is -9.25. The van der Waals surface area contributed by atoms with E-state index in [1.54, 1.807) is 6.07 Å². The Morgan fingerprint density at radius 1 is 0.500 bits per heavy atom. The molecular formula is C60H74O34. The van der Waals surface area contributed by atoms with Gasteiger partial charge in [0.15, 0.2) is 55.0 Å². The summed E-state index contributed by atoms with van der Waals surface area (Å²) in [6.07, 6.45) is -45.6. The van der Waals surface area contributed by atoms with Crippen LogP contribution in [0.15, 0.2) is 84.9 Å². The number of hydrogen-bond donors (Lipinski definition) is 14. The van der Waals surface area contributed by atoms with Crippen molar-refractivity contribution >= 4 is 42.0 Å². The van der Waals surface area contributed by atoms with Crippen LogP contribution in [0.25, 0.3) is 12.2 Å². The van der Waals surface area contributed by atoms with Crippen LogP contribution in [0.4, 0.5) is 0 Å². The molecular weight excluding hydrogens is 1260 g/mol. The second-order valence-electron chi connectivity index (χ2n) is 22.0. The molecule has 0 aromatic heterocycles. The maximum absolute atomic E-state index is 14.3. The number of aromatic hydroxyl groups is 2. The first-order chi connectivity index (χ1) is 44.8. The second kappa shape index (κ2) is 32.7. The fraction of sp³-hybridized carbons (Fsp3) is 0.550. The van der Waals surface area contributed by atoms with E-state index in [0.29, 0.717) is 5.56 Å². The Morgan fingerprint density at radius 3 is 1.62 bits per heavy atom. The van der Waals surface area contributed by atoms with Crippen LogP contribution in [-0.2, 0) is 85.5 Å². The predicted molar refractivity (Wildman–Crippen MR) is 304 cm³/mol. The van der Waals surface area contributed by atoms with Gasteiger partial charge in [-0.3, -0.25) is 9.59 Å². The fourth-order valence-electron chi connectivity index (χ4n) is 10.7. The van der Waals surface area contributed by atoms with Gasteiger partial charge in [-0.25, -0.2) is 14.4 Å². The average molecular weight is 1340 g/mol. The Balaban J connectivity index is 1.30. The molecule has 5 fully saturated rings. The second-order valence-corrected chi connectivity index (χ2v) is 22.0. The molecule has 5 saturated heterocycles. The fourth-order valence-corrected chi connectivity index (χ4v) is 10.7. The van der Waals surface area contributed by atoms with Crippen molar-refractivity contribution in [2.24, 2.45) is 0 Å². The molecule has 24 atom stereocenters. The number of esters is 5. The van der Waals surface area contributed by atoms with Crippen molar-refractivity contribution in [1.82, 2.24) is 0 Å². The lowest BCUT2D eigenvalue weighted by Crippen LogP contribution is -2.70. The van der Waals surface area contributed by atoms with Gasteiger partial charge in [0.05, 0.1) is 39.1 Å². The van der Waals surface area contributed by atoms with Crippen LogP contribution < -0.4 is 4.74 Å². The van der Waals surface area contributed by atoms with Crippen molar-refractivity contribution < 1.29 is 167 Å². The van der Waals surface area contributed by atoms with E-state index in [4.69, 9.17) is 71.1 Å². The molecule has 94 heavy (non-hydrogen) atoms. The summed E-state index contributed by atoms with van der Waals surface area (Å²) in [4.78, 5) is 67.5. The number of methoxy groups -OCH3 is 1. The van der Waals surface area contributed by atoms with E-state index in [2.05, 4.69) is 0 Å². The van der Waals surface area contributed by atoms with Crippen molar-refractivity contribution in [2.75, 3.05) is 46.8 Å². The van der Waals surface area contributed by atoms with Gasteiger partial charge in [0, 0.05) is 26.0 Å². The Labute approximate surface area is 533 Å². The first-order valence-electron chi connectivity index (χ1n) is 29.1. The summed E-state index contributed by atoms with van der Waals surface area (Å²) in [6.45, 7) is -4.79. The smallest absolute Gasteiger partial charge is 0.338 e. The van der Waals surface area contributed by atoms with Gasteiger partial charge in [0.2, 0.25) is 5.79 Å². The number of aliphatic hydroxyl groups excluding tert-OH is 12. The third kappa shape index (κ3) is 17.2. The molecule has 5 aliphatic rings. The normalized spacial score (nSPS) is 36.0. The van der Waals surface area contributed by atoms with Gasteiger partial charge >= 0.3 is 29.8 Å². The minimum atomic E-state index is -3.00. The van der Waals surface area contributed by atoms with Crippen LogP contribution in [0.1, 0.15) is 35.3 Å². The first-order valence-corrected chi connectivity index (χ1v) is 29.1. The number of carbonyl (C=O) groups excluding carboxylic acids is 5. The van der Waals surface area contributed by atoms with Crippen LogP contribution in [0.3, 0.4) is 0 Å². The lowest BCUT2D eigenvalue weighted by atomic mass is 9.95. The minimum absolute atomic E-state index is 0.0359. The molecule has 518 valence electrons. The molecule has 0 radical (unpaired) electrons. The highest BCUT2D eigenvalue weighted by Crippen LogP contribution is 2.43. The van der Waals surface area contributed by atoms with E-state index in [9.17, 15) is 95.5 Å². The number of carbonyl (C=O) groups is 5. The maximum Gasteiger partial charge on any atom is 0.338 e. The number of rotatable bonds is 25. The zero-order chi connectivity index (χ0) is 68.3. The summed E-state index contributed by atoms with van der Waals surface area (Å²) >= 11 is 0. The maximum atomic E-state index is 14.3. The number of hydrogen-bond acceptors (Lipinski definition) is 34. The first kappa shape index (κ1) is 72.9. The summed E-state index contributed by atoms with van der Waals surface area (Å²) in [5, 5.41) is 154. The van der Waals surface area contributed by atoms with Crippen LogP contribution >= 0.6 is 0 Å². The number of benzene rings is 3. The third-order valence-corrected chi connectivity index (χ3v) is 15.5. The molecule has 3 aromatic rings. The molecule has 0 amide bonds. The van der Waals surface area contributed by atoms with Gasteiger partial charge in [-0.05, 0) is 59.7 Å². The molecule has 0 spiro atoms. The van der Waals surface area contributed by atoms with Gasteiger partial charge in [0.25, 0.3) is 0 Å². The van der Waals surface area contributed by atoms with E-state index in [0.717, 1.165) is 32.1 Å². The van der Waals surface area contributed by atoms with Crippen LogP contribution in [0, 0.1) is 0 Å². The SMILES string of the molecule is COc1cc(C=CC(=O)O[C@H]2[C@H](O[C@@H]3O[C@H](COC(C)=O)[C@@H](OC(C)=O)[C@H](O[C@@H]4O[C@H](CO)[C@@H](O)[C@H](O)[C@H]4O)[C@H]3O)[C@@H](O[C@@H]3O[C@H](CO)[C@@H](O)[C@H](O)[C@H]3O)[C@@H](O[C@]3(COC(=O)C=Cc4ccc(O)cc4)O[C@H](CO)[C@@H](O)[C@@H]3OC(=O)c3ccccc3)O[C@@H]2CO)ccc1O. The average Bonchev–Trinajstić information content (AvgIpc) is 1.38. The summed E-state index contributed by atoms with van der Waals surface area (Å²) in [6, 6.07) is 16.4. The van der Waals surface area contributed by atoms with Crippen molar-refractivity contribution in [3.8, 4) is 17.2 Å². The zero-order valence-corrected chi connectivity index (χ0v) is 50.2. The molecule has 5 aliphatic heterocycles. The van der Waals surface area contributed by atoms with Crippen molar-refractivity contribution in [3.63, 3.8) is 0 Å². The van der Waals surface area contributed by atoms with Crippen LogP contribution in [0.2, 0.25) is 0 Å². The number of phenols is 2. The van der Waals surface area contributed by atoms with Gasteiger partial charge in [-0.1, -0.05) is 36.4 Å². The molecule has 5 heterocycles. The summed E-state index contributed by atoms with van der Waals surface area (Å²) in [5.41, 5.74) is 0.422. The van der Waals surface area contributed by atoms with Crippen LogP contribution in [0.5, 0.6) is 17.2 Å². The van der Waals surface area contributed by atoms with E-state index < -0.39 is 216 Å². The zero-order valence-electron chi connectivity index (χ0n) is 50.2. The van der Waals surface area contributed by atoms with Gasteiger partial charge in [0.1, 0.15) is 117 Å². The predicted octanol–water partition coefficient (Wildman–Crippen LogP) is -4.97. The molecule has 0 saturated carbocycles. The van der Waals surface area contributed by atoms with Gasteiger partial charge in [-0.15, -0.1) is 0 Å². The molecule has 0 aliphatic carbocycles. The topological polar surface area (TPSA) is 507 Å². The number of phenolic OH excluding ortho intramolecular Hbond substituents is 2. The van der Waals surface area contributed by atoms with E-state index in [1.165, 1.54) is 79.9 Å². The molecule has 3 aromatic carbocycles. The van der Waals surface area contributed by atoms with Gasteiger partial charge < -0.3 is 143 Å². The quantitative estimate of drug-likeness (QED) is 0.0215. The Bertz CT molecular complexity index is 3060. The third-order valence-electron chi connectivity index (χ3n) is 15.5.